The van der Waals surface area contributed by atoms with E-state index in [4.69, 9.17) is 0 Å². The second-order valence-electron chi connectivity index (χ2n) is 5.12. The number of rotatable bonds is 4. The van der Waals surface area contributed by atoms with Crippen molar-refractivity contribution in [3.05, 3.63) is 113 Å². The molecule has 0 nitrogen and oxygen atoms in total. The van der Waals surface area contributed by atoms with Gasteiger partial charge in [-0.2, -0.15) is 0 Å². The third-order valence-electron chi connectivity index (χ3n) is 3.79. The highest BCUT2D eigenvalue weighted by Gasteiger charge is 2.19. The van der Waals surface area contributed by atoms with Gasteiger partial charge in [-0.15, -0.1) is 0 Å². The van der Waals surface area contributed by atoms with Crippen LogP contribution in [0.2, 0.25) is 0 Å². The van der Waals surface area contributed by atoms with E-state index in [1.807, 2.05) is 0 Å². The van der Waals surface area contributed by atoms with Crippen molar-refractivity contribution < 1.29 is 0 Å². The molecule has 0 N–H and O–H groups in total. The van der Waals surface area contributed by atoms with Crippen LogP contribution in [-0.4, -0.2) is 0 Å². The van der Waals surface area contributed by atoms with Crippen molar-refractivity contribution in [2.24, 2.45) is 0 Å². The van der Waals surface area contributed by atoms with E-state index in [1.165, 1.54) is 28.2 Å². The molecule has 0 unspecified atom stereocenters. The van der Waals surface area contributed by atoms with Crippen LogP contribution in [0.1, 0.15) is 29.2 Å². The Balaban J connectivity index is 2.17. The third-order valence-corrected chi connectivity index (χ3v) is 3.79. The van der Waals surface area contributed by atoms with Crippen LogP contribution in [0.4, 0.5) is 0 Å². The maximum Gasteiger partial charge on any atom is 0.0632 e. The number of hydrogen-bond donors (Lipinski definition) is 0. The van der Waals surface area contributed by atoms with Crippen LogP contribution in [0, 0.1) is 5.92 Å². The van der Waals surface area contributed by atoms with Crippen molar-refractivity contribution in [2.75, 3.05) is 0 Å². The van der Waals surface area contributed by atoms with E-state index < -0.39 is 0 Å². The summed E-state index contributed by atoms with van der Waals surface area (Å²) in [4.78, 5) is 0. The lowest BCUT2D eigenvalue weighted by Gasteiger charge is -2.20. The molecule has 0 bridgehead atoms. The quantitative estimate of drug-likeness (QED) is 0.567. The fraction of sp³-hybridized carbons (Fsp3) is 0.0952. The standard InChI is InChI=1S/C21H19/c1-2-17-11-9-10-16-20(17)21(18-12-5-3-6-13-18)19-14-7-4-8-15-19/h3-16H,2H2,1H3. The molecule has 0 aromatic heterocycles. The van der Waals surface area contributed by atoms with Crippen molar-refractivity contribution in [1.82, 2.24) is 0 Å². The molecule has 21 heavy (non-hydrogen) atoms. The Labute approximate surface area is 127 Å². The van der Waals surface area contributed by atoms with Crippen molar-refractivity contribution in [2.45, 2.75) is 13.3 Å². The van der Waals surface area contributed by atoms with Crippen LogP contribution in [-0.2, 0) is 6.42 Å². The Morgan fingerprint density at radius 3 is 1.62 bits per heavy atom. The normalized spacial score (nSPS) is 10.8. The molecule has 0 heterocycles. The molecule has 0 saturated carbocycles. The van der Waals surface area contributed by atoms with E-state index in [2.05, 4.69) is 91.9 Å². The van der Waals surface area contributed by atoms with Crippen LogP contribution >= 0.6 is 0 Å². The van der Waals surface area contributed by atoms with Gasteiger partial charge in [0.05, 0.1) is 5.92 Å². The average Bonchev–Trinajstić information content (AvgIpc) is 2.58. The lowest BCUT2D eigenvalue weighted by molar-refractivity contribution is 1.08. The summed E-state index contributed by atoms with van der Waals surface area (Å²) in [6.07, 6.45) is 1.04. The highest BCUT2D eigenvalue weighted by atomic mass is 14.2. The third kappa shape index (κ3) is 2.90. The molecule has 0 aliphatic carbocycles. The molecule has 0 atom stereocenters. The highest BCUT2D eigenvalue weighted by Crippen LogP contribution is 2.32. The first-order chi connectivity index (χ1) is 10.4. The molecule has 0 fully saturated rings. The zero-order valence-electron chi connectivity index (χ0n) is 12.3. The van der Waals surface area contributed by atoms with E-state index in [0.717, 1.165) is 6.42 Å². The maximum atomic E-state index is 2.23. The summed E-state index contributed by atoms with van der Waals surface area (Å²) in [5.41, 5.74) is 5.26. The minimum Gasteiger partial charge on any atom is -0.0622 e. The summed E-state index contributed by atoms with van der Waals surface area (Å²) >= 11 is 0. The number of benzene rings is 3. The van der Waals surface area contributed by atoms with Gasteiger partial charge < -0.3 is 0 Å². The fourth-order valence-electron chi connectivity index (χ4n) is 2.76. The van der Waals surface area contributed by atoms with Gasteiger partial charge in [0.15, 0.2) is 0 Å². The summed E-state index contributed by atoms with van der Waals surface area (Å²) in [7, 11) is 0. The zero-order valence-corrected chi connectivity index (χ0v) is 12.3. The Hall–Kier alpha value is -2.34. The molecule has 3 rings (SSSR count). The molecule has 0 aliphatic rings. The monoisotopic (exact) mass is 271 g/mol. The molecule has 3 aromatic carbocycles. The molecule has 0 heteroatoms. The first-order valence-electron chi connectivity index (χ1n) is 7.46. The fourth-order valence-corrected chi connectivity index (χ4v) is 2.76. The highest BCUT2D eigenvalue weighted by molar-refractivity contribution is 5.59. The SMILES string of the molecule is CCc1ccccc1[C](c1ccccc1)c1ccccc1. The van der Waals surface area contributed by atoms with Crippen molar-refractivity contribution in [3.8, 4) is 0 Å². The van der Waals surface area contributed by atoms with Gasteiger partial charge in [0.2, 0.25) is 0 Å². The maximum absolute atomic E-state index is 2.23. The van der Waals surface area contributed by atoms with Gasteiger partial charge in [-0.05, 0) is 28.7 Å². The summed E-state index contributed by atoms with van der Waals surface area (Å²) in [5.74, 6) is 1.31. The lowest BCUT2D eigenvalue weighted by atomic mass is 9.82. The molecule has 0 amide bonds. The van der Waals surface area contributed by atoms with Gasteiger partial charge >= 0.3 is 0 Å². The van der Waals surface area contributed by atoms with E-state index in [0.29, 0.717) is 0 Å². The largest absolute Gasteiger partial charge is 0.0632 e. The molecule has 0 aliphatic heterocycles. The van der Waals surface area contributed by atoms with Gasteiger partial charge in [0.25, 0.3) is 0 Å². The molecule has 0 spiro atoms. The van der Waals surface area contributed by atoms with Crippen molar-refractivity contribution in [3.63, 3.8) is 0 Å². The summed E-state index contributed by atoms with van der Waals surface area (Å²) in [6, 6.07) is 30.0. The first-order valence-corrected chi connectivity index (χ1v) is 7.46. The minimum absolute atomic E-state index is 1.04. The van der Waals surface area contributed by atoms with Gasteiger partial charge in [-0.25, -0.2) is 0 Å². The van der Waals surface area contributed by atoms with Crippen molar-refractivity contribution in [1.29, 1.82) is 0 Å². The van der Waals surface area contributed by atoms with E-state index in [1.54, 1.807) is 0 Å². The van der Waals surface area contributed by atoms with E-state index in [9.17, 15) is 0 Å². The molecule has 0 saturated heterocycles. The second-order valence-corrected chi connectivity index (χ2v) is 5.12. The van der Waals surface area contributed by atoms with E-state index in [-0.39, 0.29) is 0 Å². The van der Waals surface area contributed by atoms with Crippen LogP contribution < -0.4 is 0 Å². The second kappa shape index (κ2) is 6.41. The minimum atomic E-state index is 1.04. The average molecular weight is 271 g/mol. The van der Waals surface area contributed by atoms with Gasteiger partial charge in [-0.3, -0.25) is 0 Å². The number of hydrogen-bond acceptors (Lipinski definition) is 0. The predicted octanol–water partition coefficient (Wildman–Crippen LogP) is 5.27. The number of aryl methyl sites for hydroxylation is 1. The summed E-state index contributed by atoms with van der Waals surface area (Å²) in [6.45, 7) is 2.21. The summed E-state index contributed by atoms with van der Waals surface area (Å²) < 4.78 is 0. The van der Waals surface area contributed by atoms with Crippen LogP contribution in [0.5, 0.6) is 0 Å². The smallest absolute Gasteiger partial charge is 0.0622 e. The lowest BCUT2D eigenvalue weighted by Crippen LogP contribution is -2.07. The molecule has 1 radical (unpaired) electrons. The molecule has 3 aromatic rings. The molecular weight excluding hydrogens is 252 g/mol. The van der Waals surface area contributed by atoms with Gasteiger partial charge in [0.1, 0.15) is 0 Å². The van der Waals surface area contributed by atoms with Crippen LogP contribution in [0.3, 0.4) is 0 Å². The van der Waals surface area contributed by atoms with Crippen molar-refractivity contribution >= 4 is 0 Å². The topological polar surface area (TPSA) is 0 Å². The Morgan fingerprint density at radius 2 is 1.10 bits per heavy atom. The Kier molecular flexibility index (Phi) is 4.16. The Morgan fingerprint density at radius 1 is 0.619 bits per heavy atom. The van der Waals surface area contributed by atoms with Crippen LogP contribution in [0.15, 0.2) is 84.9 Å². The summed E-state index contributed by atoms with van der Waals surface area (Å²) in [5, 5.41) is 0. The first kappa shape index (κ1) is 13.6. The predicted molar refractivity (Wildman–Crippen MR) is 89.3 cm³/mol. The van der Waals surface area contributed by atoms with Gasteiger partial charge in [-0.1, -0.05) is 91.9 Å². The van der Waals surface area contributed by atoms with Crippen LogP contribution in [0.25, 0.3) is 0 Å². The Bertz CT molecular complexity index is 644. The van der Waals surface area contributed by atoms with E-state index >= 15 is 0 Å². The van der Waals surface area contributed by atoms with Gasteiger partial charge in [0, 0.05) is 0 Å². The molecule has 103 valence electrons. The zero-order chi connectivity index (χ0) is 14.5. The molecular formula is C21H19.